The van der Waals surface area contributed by atoms with Crippen LogP contribution in [-0.4, -0.2) is 72.3 Å². The molecular formula is C24H29ClN4O2. The van der Waals surface area contributed by atoms with Crippen LogP contribution in [0.2, 0.25) is 5.02 Å². The zero-order valence-electron chi connectivity index (χ0n) is 18.0. The largest absolute Gasteiger partial charge is 0.368 e. The van der Waals surface area contributed by atoms with Crippen LogP contribution in [0.15, 0.2) is 54.6 Å². The van der Waals surface area contributed by atoms with Gasteiger partial charge in [0.15, 0.2) is 0 Å². The van der Waals surface area contributed by atoms with Gasteiger partial charge in [-0.25, -0.2) is 0 Å². The van der Waals surface area contributed by atoms with Gasteiger partial charge in [0, 0.05) is 55.1 Å². The molecule has 0 saturated carbocycles. The highest BCUT2D eigenvalue weighted by Gasteiger charge is 2.61. The second kappa shape index (κ2) is 8.61. The molecule has 0 radical (unpaired) electrons. The maximum atomic E-state index is 13.9. The number of nitrogens with zero attached hydrogens (tertiary/aromatic N) is 3. The molecule has 164 valence electrons. The number of amides is 2. The minimum atomic E-state index is -1.05. The normalized spacial score (nSPS) is 26.4. The summed E-state index contributed by atoms with van der Waals surface area (Å²) >= 11 is 6.05. The van der Waals surface area contributed by atoms with Crippen LogP contribution in [0, 0.1) is 11.8 Å². The van der Waals surface area contributed by atoms with E-state index in [1.54, 1.807) is 29.2 Å². The van der Waals surface area contributed by atoms with Crippen LogP contribution in [0.4, 0.5) is 0 Å². The number of hydrogen-bond acceptors (Lipinski definition) is 4. The number of rotatable bonds is 5. The van der Waals surface area contributed by atoms with Crippen LogP contribution in [-0.2, 0) is 11.3 Å². The highest BCUT2D eigenvalue weighted by atomic mass is 35.5. The molecule has 31 heavy (non-hydrogen) atoms. The Morgan fingerprint density at radius 1 is 0.968 bits per heavy atom. The van der Waals surface area contributed by atoms with Crippen LogP contribution >= 0.6 is 11.6 Å². The lowest BCUT2D eigenvalue weighted by atomic mass is 9.65. The lowest BCUT2D eigenvalue weighted by molar-refractivity contribution is -0.152. The van der Waals surface area contributed by atoms with Crippen molar-refractivity contribution in [3.8, 4) is 0 Å². The van der Waals surface area contributed by atoms with Gasteiger partial charge in [0.25, 0.3) is 5.91 Å². The number of hydrogen-bond donors (Lipinski definition) is 1. The monoisotopic (exact) mass is 440 g/mol. The number of primary amides is 1. The Bertz CT molecular complexity index is 920. The molecule has 2 fully saturated rings. The van der Waals surface area contributed by atoms with Crippen molar-refractivity contribution in [1.29, 1.82) is 0 Å². The van der Waals surface area contributed by atoms with Crippen molar-refractivity contribution >= 4 is 23.4 Å². The van der Waals surface area contributed by atoms with Gasteiger partial charge in [0.05, 0.1) is 0 Å². The third-order valence-electron chi connectivity index (χ3n) is 6.73. The summed E-state index contributed by atoms with van der Waals surface area (Å²) in [5.74, 6) is -0.759. The molecule has 4 rings (SSSR count). The topological polar surface area (TPSA) is 69.9 Å². The molecule has 2 aromatic carbocycles. The van der Waals surface area contributed by atoms with E-state index in [0.29, 0.717) is 43.3 Å². The lowest BCUT2D eigenvalue weighted by Gasteiger charge is -2.59. The zero-order chi connectivity index (χ0) is 22.2. The van der Waals surface area contributed by atoms with E-state index in [4.69, 9.17) is 17.3 Å². The molecule has 0 aromatic heterocycles. The predicted molar refractivity (Wildman–Crippen MR) is 122 cm³/mol. The Labute approximate surface area is 188 Å². The van der Waals surface area contributed by atoms with Crippen molar-refractivity contribution in [2.75, 3.05) is 40.3 Å². The van der Waals surface area contributed by atoms with Gasteiger partial charge in [0.1, 0.15) is 5.54 Å². The van der Waals surface area contributed by atoms with Crippen molar-refractivity contribution in [1.82, 2.24) is 14.7 Å². The van der Waals surface area contributed by atoms with Gasteiger partial charge < -0.3 is 20.4 Å². The molecule has 2 N–H and O–H groups in total. The maximum absolute atomic E-state index is 13.9. The molecule has 2 amide bonds. The average molecular weight is 441 g/mol. The number of halogens is 1. The highest BCUT2D eigenvalue weighted by molar-refractivity contribution is 6.30. The second-order valence-corrected chi connectivity index (χ2v) is 9.35. The third-order valence-corrected chi connectivity index (χ3v) is 6.99. The van der Waals surface area contributed by atoms with Crippen LogP contribution in [0.1, 0.15) is 15.9 Å². The Kier molecular flexibility index (Phi) is 6.06. The molecule has 0 aliphatic carbocycles. The van der Waals surface area contributed by atoms with Crippen LogP contribution in [0.25, 0.3) is 0 Å². The van der Waals surface area contributed by atoms with Gasteiger partial charge in [0.2, 0.25) is 5.91 Å². The second-order valence-electron chi connectivity index (χ2n) is 8.91. The first-order chi connectivity index (χ1) is 14.8. The predicted octanol–water partition coefficient (Wildman–Crippen LogP) is 2.33. The van der Waals surface area contributed by atoms with Crippen molar-refractivity contribution < 1.29 is 9.59 Å². The van der Waals surface area contributed by atoms with E-state index in [1.807, 2.05) is 30.3 Å². The van der Waals surface area contributed by atoms with E-state index in [1.165, 1.54) is 0 Å². The molecule has 2 bridgehead atoms. The average Bonchev–Trinajstić information content (AvgIpc) is 2.72. The van der Waals surface area contributed by atoms with E-state index in [9.17, 15) is 9.59 Å². The first kappa shape index (κ1) is 21.8. The highest BCUT2D eigenvalue weighted by Crippen LogP contribution is 2.43. The summed E-state index contributed by atoms with van der Waals surface area (Å²) in [6, 6.07) is 16.6. The summed E-state index contributed by atoms with van der Waals surface area (Å²) in [5.41, 5.74) is 6.61. The number of nitrogens with two attached hydrogens (primary N) is 1. The fraction of sp³-hybridized carbons (Fsp3) is 0.417. The standard InChI is InChI=1S/C24H29ClN4O2/c1-27-13-19-15-28(2)16-20(14-27)24(19,23(26)31)29(12-17-6-4-3-5-7-17)22(30)18-8-10-21(25)11-9-18/h3-11,19-20H,12-16H2,1-2H3,(H2,26,31). The van der Waals surface area contributed by atoms with E-state index in [0.717, 1.165) is 5.56 Å². The van der Waals surface area contributed by atoms with Gasteiger partial charge in [-0.05, 0) is 43.9 Å². The number of fused-ring (bicyclic) bond motifs is 2. The molecule has 2 aliphatic heterocycles. The van der Waals surface area contributed by atoms with Gasteiger partial charge in [-0.15, -0.1) is 0 Å². The first-order valence-corrected chi connectivity index (χ1v) is 11.0. The van der Waals surface area contributed by atoms with Crippen LogP contribution in [0.3, 0.4) is 0 Å². The minimum Gasteiger partial charge on any atom is -0.368 e. The van der Waals surface area contributed by atoms with E-state index in [-0.39, 0.29) is 17.7 Å². The molecule has 7 heteroatoms. The Morgan fingerprint density at radius 2 is 1.48 bits per heavy atom. The molecule has 2 aromatic rings. The summed E-state index contributed by atoms with van der Waals surface area (Å²) in [6.07, 6.45) is 0. The van der Waals surface area contributed by atoms with E-state index < -0.39 is 11.4 Å². The summed E-state index contributed by atoms with van der Waals surface area (Å²) in [5, 5.41) is 0.563. The molecule has 6 nitrogen and oxygen atoms in total. The number of benzene rings is 2. The van der Waals surface area contributed by atoms with Crippen molar-refractivity contribution in [3.63, 3.8) is 0 Å². The van der Waals surface area contributed by atoms with Gasteiger partial charge in [-0.3, -0.25) is 9.59 Å². The Hall–Kier alpha value is -2.41. The maximum Gasteiger partial charge on any atom is 0.255 e. The number of piperidine rings is 2. The molecule has 2 saturated heterocycles. The fourth-order valence-electron chi connectivity index (χ4n) is 5.52. The Morgan fingerprint density at radius 3 is 1.97 bits per heavy atom. The zero-order valence-corrected chi connectivity index (χ0v) is 18.8. The molecule has 2 heterocycles. The Balaban J connectivity index is 1.84. The lowest BCUT2D eigenvalue weighted by Crippen LogP contribution is -2.77. The summed E-state index contributed by atoms with van der Waals surface area (Å²) in [6.45, 7) is 3.17. The smallest absolute Gasteiger partial charge is 0.255 e. The molecular weight excluding hydrogens is 412 g/mol. The summed E-state index contributed by atoms with van der Waals surface area (Å²) < 4.78 is 0. The third kappa shape index (κ3) is 3.95. The van der Waals surface area contributed by atoms with Crippen LogP contribution in [0.5, 0.6) is 0 Å². The van der Waals surface area contributed by atoms with Gasteiger partial charge in [-0.1, -0.05) is 41.9 Å². The van der Waals surface area contributed by atoms with Crippen LogP contribution < -0.4 is 5.73 Å². The molecule has 0 spiro atoms. The fourth-order valence-corrected chi connectivity index (χ4v) is 5.65. The molecule has 0 atom stereocenters. The van der Waals surface area contributed by atoms with Gasteiger partial charge >= 0.3 is 0 Å². The SMILES string of the molecule is CN1CC2CN(C)CC(C1)C2(C(N)=O)N(Cc1ccccc1)C(=O)c1ccc(Cl)cc1. The molecule has 2 aliphatic rings. The summed E-state index contributed by atoms with van der Waals surface area (Å²) in [7, 11) is 4.14. The minimum absolute atomic E-state index is 0.0764. The quantitative estimate of drug-likeness (QED) is 0.774. The van der Waals surface area contributed by atoms with Gasteiger partial charge in [-0.2, -0.15) is 0 Å². The first-order valence-electron chi connectivity index (χ1n) is 10.6. The number of carbonyl (C=O) groups excluding carboxylic acids is 2. The van der Waals surface area contributed by atoms with E-state index >= 15 is 0 Å². The number of carbonyl (C=O) groups is 2. The van der Waals surface area contributed by atoms with E-state index in [2.05, 4.69) is 23.9 Å². The van der Waals surface area contributed by atoms with Crippen molar-refractivity contribution in [2.45, 2.75) is 12.1 Å². The number of likely N-dealkylation sites (tertiary alicyclic amines) is 2. The molecule has 0 unspecified atom stereocenters. The summed E-state index contributed by atoms with van der Waals surface area (Å²) in [4.78, 5) is 33.5. The van der Waals surface area contributed by atoms with Crippen molar-refractivity contribution in [2.24, 2.45) is 17.6 Å². The van der Waals surface area contributed by atoms with Crippen molar-refractivity contribution in [3.05, 3.63) is 70.7 Å².